The van der Waals surface area contributed by atoms with E-state index in [0.717, 1.165) is 38.5 Å². The van der Waals surface area contributed by atoms with Crippen LogP contribution >= 0.6 is 12.4 Å². The Labute approximate surface area is 167 Å². The molecule has 4 N–H and O–H groups in total. The van der Waals surface area contributed by atoms with E-state index in [1.54, 1.807) is 25.3 Å². The Morgan fingerprint density at radius 2 is 1.63 bits per heavy atom. The van der Waals surface area contributed by atoms with Crippen LogP contribution in [0, 0.1) is 11.8 Å². The Hall–Kier alpha value is -1.95. The molecule has 0 saturated heterocycles. The zero-order valence-electron chi connectivity index (χ0n) is 15.8. The second-order valence-electron chi connectivity index (χ2n) is 7.48. The third-order valence-corrected chi connectivity index (χ3v) is 5.67. The summed E-state index contributed by atoms with van der Waals surface area (Å²) in [4.78, 5) is 24.7. The van der Waals surface area contributed by atoms with Crippen molar-refractivity contribution in [3.63, 3.8) is 0 Å². The van der Waals surface area contributed by atoms with Gasteiger partial charge in [-0.25, -0.2) is 0 Å². The number of halogens is 1. The molecule has 7 heteroatoms. The Kier molecular flexibility index (Phi) is 7.78. The predicted octanol–water partition coefficient (Wildman–Crippen LogP) is 3.50. The first-order chi connectivity index (χ1) is 12.6. The summed E-state index contributed by atoms with van der Waals surface area (Å²) in [5.74, 6) is 1.02. The monoisotopic (exact) mass is 395 g/mol. The van der Waals surface area contributed by atoms with E-state index >= 15 is 0 Å². The summed E-state index contributed by atoms with van der Waals surface area (Å²) in [5.41, 5.74) is 7.07. The standard InChI is InChI=1S/C20H29N3O3.ClH/c1-26-18-11-10-16(12-17(18)21)23-20(25)14-6-8-15(9-7-14)22-19(24)13-4-2-3-5-13;/h10-15H,2-9,21H2,1H3,(H,22,24)(H,23,25);1H. The SMILES string of the molecule is COc1ccc(NC(=O)C2CCC(NC(=O)C3CCCC3)CC2)cc1N.Cl. The second kappa shape index (κ2) is 9.83. The number of rotatable bonds is 5. The Bertz CT molecular complexity index is 654. The molecule has 0 unspecified atom stereocenters. The zero-order chi connectivity index (χ0) is 18.5. The van der Waals surface area contributed by atoms with E-state index < -0.39 is 0 Å². The average Bonchev–Trinajstić information content (AvgIpc) is 3.17. The van der Waals surface area contributed by atoms with Crippen molar-refractivity contribution in [2.45, 2.75) is 57.4 Å². The first-order valence-electron chi connectivity index (χ1n) is 9.61. The third-order valence-electron chi connectivity index (χ3n) is 5.67. The maximum Gasteiger partial charge on any atom is 0.227 e. The van der Waals surface area contributed by atoms with Crippen LogP contribution in [0.4, 0.5) is 11.4 Å². The van der Waals surface area contributed by atoms with Crippen molar-refractivity contribution in [1.82, 2.24) is 5.32 Å². The number of anilines is 2. The molecular weight excluding hydrogens is 366 g/mol. The number of benzene rings is 1. The van der Waals surface area contributed by atoms with E-state index in [1.165, 1.54) is 12.8 Å². The molecule has 2 saturated carbocycles. The molecule has 27 heavy (non-hydrogen) atoms. The van der Waals surface area contributed by atoms with E-state index in [2.05, 4.69) is 10.6 Å². The lowest BCUT2D eigenvalue weighted by Gasteiger charge is -2.29. The Morgan fingerprint density at radius 3 is 2.22 bits per heavy atom. The molecule has 2 aliphatic rings. The van der Waals surface area contributed by atoms with Crippen molar-refractivity contribution in [2.24, 2.45) is 11.8 Å². The van der Waals surface area contributed by atoms with Crippen molar-refractivity contribution in [3.05, 3.63) is 18.2 Å². The molecule has 1 aromatic rings. The van der Waals surface area contributed by atoms with Gasteiger partial charge in [0.15, 0.2) is 0 Å². The van der Waals surface area contributed by atoms with Gasteiger partial charge in [0.25, 0.3) is 0 Å². The Morgan fingerprint density at radius 1 is 1.00 bits per heavy atom. The fraction of sp³-hybridized carbons (Fsp3) is 0.600. The summed E-state index contributed by atoms with van der Waals surface area (Å²) in [7, 11) is 1.56. The second-order valence-corrected chi connectivity index (χ2v) is 7.48. The molecular formula is C20H30ClN3O3. The van der Waals surface area contributed by atoms with Crippen LogP contribution in [0.25, 0.3) is 0 Å². The van der Waals surface area contributed by atoms with Gasteiger partial charge < -0.3 is 21.1 Å². The lowest BCUT2D eigenvalue weighted by Crippen LogP contribution is -2.41. The number of nitrogens with one attached hydrogen (secondary N) is 2. The maximum absolute atomic E-state index is 12.5. The highest BCUT2D eigenvalue weighted by Crippen LogP contribution is 2.29. The van der Waals surface area contributed by atoms with Gasteiger partial charge >= 0.3 is 0 Å². The summed E-state index contributed by atoms with van der Waals surface area (Å²) in [6, 6.07) is 5.47. The van der Waals surface area contributed by atoms with Gasteiger partial charge in [0, 0.05) is 23.6 Å². The maximum atomic E-state index is 12.5. The van der Waals surface area contributed by atoms with Crippen molar-refractivity contribution in [1.29, 1.82) is 0 Å². The average molecular weight is 396 g/mol. The Balaban J connectivity index is 0.00000261. The van der Waals surface area contributed by atoms with Crippen LogP contribution in [0.15, 0.2) is 18.2 Å². The summed E-state index contributed by atoms with van der Waals surface area (Å²) in [5, 5.41) is 6.13. The fourth-order valence-electron chi connectivity index (χ4n) is 4.06. The summed E-state index contributed by atoms with van der Waals surface area (Å²) < 4.78 is 5.13. The molecule has 2 aliphatic carbocycles. The molecule has 150 valence electrons. The number of carbonyl (C=O) groups excluding carboxylic acids is 2. The first kappa shape index (κ1) is 21.4. The van der Waals surface area contributed by atoms with Crippen LogP contribution in [0.3, 0.4) is 0 Å². The zero-order valence-corrected chi connectivity index (χ0v) is 16.6. The van der Waals surface area contributed by atoms with E-state index in [9.17, 15) is 9.59 Å². The lowest BCUT2D eigenvalue weighted by molar-refractivity contribution is -0.125. The molecule has 6 nitrogen and oxygen atoms in total. The van der Waals surface area contributed by atoms with Gasteiger partial charge in [0.05, 0.1) is 12.8 Å². The summed E-state index contributed by atoms with van der Waals surface area (Å²) in [6.45, 7) is 0. The molecule has 2 amide bonds. The largest absolute Gasteiger partial charge is 0.495 e. The van der Waals surface area contributed by atoms with Crippen molar-refractivity contribution in [3.8, 4) is 5.75 Å². The van der Waals surface area contributed by atoms with Crippen LogP contribution in [0.2, 0.25) is 0 Å². The van der Waals surface area contributed by atoms with Gasteiger partial charge in [-0.15, -0.1) is 12.4 Å². The van der Waals surface area contributed by atoms with Crippen molar-refractivity contribution >= 4 is 35.6 Å². The number of nitrogen functional groups attached to an aromatic ring is 1. The number of hydrogen-bond acceptors (Lipinski definition) is 4. The molecule has 0 spiro atoms. The van der Waals surface area contributed by atoms with Crippen molar-refractivity contribution < 1.29 is 14.3 Å². The van der Waals surface area contributed by atoms with E-state index in [4.69, 9.17) is 10.5 Å². The number of carbonyl (C=O) groups is 2. The molecule has 2 fully saturated rings. The highest BCUT2D eigenvalue weighted by atomic mass is 35.5. The molecule has 0 heterocycles. The first-order valence-corrected chi connectivity index (χ1v) is 9.61. The van der Waals surface area contributed by atoms with Gasteiger partial charge in [0.1, 0.15) is 5.75 Å². The highest BCUT2D eigenvalue weighted by Gasteiger charge is 2.29. The number of ether oxygens (including phenoxy) is 1. The minimum Gasteiger partial charge on any atom is -0.495 e. The highest BCUT2D eigenvalue weighted by molar-refractivity contribution is 5.93. The van der Waals surface area contributed by atoms with Gasteiger partial charge in [-0.2, -0.15) is 0 Å². The molecule has 0 atom stereocenters. The number of amides is 2. The number of nitrogens with two attached hydrogens (primary N) is 1. The molecule has 0 radical (unpaired) electrons. The quantitative estimate of drug-likeness (QED) is 0.665. The predicted molar refractivity (Wildman–Crippen MR) is 109 cm³/mol. The molecule has 1 aromatic carbocycles. The summed E-state index contributed by atoms with van der Waals surface area (Å²) >= 11 is 0. The van der Waals surface area contributed by atoms with Crippen LogP contribution in [-0.4, -0.2) is 25.0 Å². The van der Waals surface area contributed by atoms with Crippen LogP contribution in [0.1, 0.15) is 51.4 Å². The molecule has 0 bridgehead atoms. The molecule has 0 aromatic heterocycles. The molecule has 3 rings (SSSR count). The van der Waals surface area contributed by atoms with Gasteiger partial charge in [-0.3, -0.25) is 9.59 Å². The lowest BCUT2D eigenvalue weighted by atomic mass is 9.85. The third kappa shape index (κ3) is 5.51. The number of methoxy groups -OCH3 is 1. The van der Waals surface area contributed by atoms with E-state index in [0.29, 0.717) is 17.1 Å². The van der Waals surface area contributed by atoms with Crippen LogP contribution in [0.5, 0.6) is 5.75 Å². The van der Waals surface area contributed by atoms with E-state index in [1.807, 2.05) is 0 Å². The topological polar surface area (TPSA) is 93.5 Å². The normalized spacial score (nSPS) is 22.6. The van der Waals surface area contributed by atoms with Crippen LogP contribution < -0.4 is 21.1 Å². The minimum absolute atomic E-state index is 0. The summed E-state index contributed by atoms with van der Waals surface area (Å²) in [6.07, 6.45) is 7.70. The van der Waals surface area contributed by atoms with Gasteiger partial charge in [0.2, 0.25) is 11.8 Å². The van der Waals surface area contributed by atoms with Gasteiger partial charge in [-0.1, -0.05) is 12.8 Å². The minimum atomic E-state index is -0.0158. The van der Waals surface area contributed by atoms with Gasteiger partial charge in [-0.05, 0) is 56.7 Å². The number of hydrogen-bond donors (Lipinski definition) is 3. The van der Waals surface area contributed by atoms with Crippen molar-refractivity contribution in [2.75, 3.05) is 18.2 Å². The smallest absolute Gasteiger partial charge is 0.227 e. The van der Waals surface area contributed by atoms with Crippen LogP contribution in [-0.2, 0) is 9.59 Å². The molecule has 0 aliphatic heterocycles. The van der Waals surface area contributed by atoms with E-state index in [-0.39, 0.29) is 42.1 Å². The fourth-order valence-corrected chi connectivity index (χ4v) is 4.06.